The molecule has 1 heterocycles. The van der Waals surface area contributed by atoms with Crippen LogP contribution in [-0.2, 0) is 16.4 Å². The van der Waals surface area contributed by atoms with E-state index in [1.807, 2.05) is 18.2 Å². The lowest BCUT2D eigenvalue weighted by molar-refractivity contribution is 0.0996. The van der Waals surface area contributed by atoms with Gasteiger partial charge in [-0.1, -0.05) is 30.3 Å². The Bertz CT molecular complexity index is 796. The van der Waals surface area contributed by atoms with E-state index in [9.17, 15) is 13.2 Å². The van der Waals surface area contributed by atoms with Gasteiger partial charge in [0.2, 0.25) is 0 Å². The van der Waals surface area contributed by atoms with Gasteiger partial charge in [0, 0.05) is 11.8 Å². The van der Waals surface area contributed by atoms with Crippen molar-refractivity contribution in [2.45, 2.75) is 11.4 Å². The molecule has 0 saturated carbocycles. The first-order valence-corrected chi connectivity index (χ1v) is 8.06. The summed E-state index contributed by atoms with van der Waals surface area (Å²) in [4.78, 5) is 14.1. The zero-order valence-corrected chi connectivity index (χ0v) is 11.7. The highest BCUT2D eigenvalue weighted by Gasteiger charge is 2.30. The summed E-state index contributed by atoms with van der Waals surface area (Å²) in [5, 5.41) is 0. The molecule has 0 saturated heterocycles. The van der Waals surface area contributed by atoms with Gasteiger partial charge in [-0.05, 0) is 23.8 Å². The topological polar surface area (TPSA) is 54.5 Å². The molecule has 102 valence electrons. The normalized spacial score (nSPS) is 14.4. The molecule has 1 amide bonds. The zero-order valence-electron chi connectivity index (χ0n) is 10.9. The van der Waals surface area contributed by atoms with Crippen molar-refractivity contribution < 1.29 is 13.2 Å². The SMILES string of the molecule is CS(=O)(=O)c1ccccc1N1Cc2ccccc2C1=O. The summed E-state index contributed by atoms with van der Waals surface area (Å²) >= 11 is 0. The van der Waals surface area contributed by atoms with Crippen LogP contribution in [0.15, 0.2) is 53.4 Å². The van der Waals surface area contributed by atoms with Gasteiger partial charge in [0.1, 0.15) is 0 Å². The number of para-hydroxylation sites is 1. The van der Waals surface area contributed by atoms with Gasteiger partial charge in [0.15, 0.2) is 9.84 Å². The molecule has 2 aromatic rings. The molecular formula is C15H13NO3S. The van der Waals surface area contributed by atoms with E-state index in [4.69, 9.17) is 0 Å². The molecule has 0 N–H and O–H groups in total. The van der Waals surface area contributed by atoms with E-state index in [0.29, 0.717) is 17.8 Å². The zero-order chi connectivity index (χ0) is 14.3. The smallest absolute Gasteiger partial charge is 0.258 e. The molecule has 0 unspecified atom stereocenters. The number of fused-ring (bicyclic) bond motifs is 1. The van der Waals surface area contributed by atoms with Crippen LogP contribution in [0, 0.1) is 0 Å². The van der Waals surface area contributed by atoms with Crippen LogP contribution < -0.4 is 4.90 Å². The molecule has 0 atom stereocenters. The molecule has 0 aliphatic carbocycles. The highest BCUT2D eigenvalue weighted by molar-refractivity contribution is 7.90. The van der Waals surface area contributed by atoms with Crippen molar-refractivity contribution in [2.75, 3.05) is 11.2 Å². The minimum Gasteiger partial charge on any atom is -0.303 e. The molecule has 0 fully saturated rings. The fourth-order valence-electron chi connectivity index (χ4n) is 2.44. The van der Waals surface area contributed by atoms with Crippen molar-refractivity contribution in [3.05, 3.63) is 59.7 Å². The second-order valence-electron chi connectivity index (χ2n) is 4.79. The summed E-state index contributed by atoms with van der Waals surface area (Å²) in [6, 6.07) is 13.9. The predicted molar refractivity (Wildman–Crippen MR) is 76.5 cm³/mol. The largest absolute Gasteiger partial charge is 0.303 e. The fraction of sp³-hybridized carbons (Fsp3) is 0.133. The molecule has 0 bridgehead atoms. The summed E-state index contributed by atoms with van der Waals surface area (Å²) in [6.45, 7) is 0.404. The molecule has 0 spiro atoms. The molecule has 20 heavy (non-hydrogen) atoms. The number of rotatable bonds is 2. The number of hydrogen-bond acceptors (Lipinski definition) is 3. The molecule has 1 aliphatic heterocycles. The van der Waals surface area contributed by atoms with E-state index in [0.717, 1.165) is 11.8 Å². The molecule has 2 aromatic carbocycles. The van der Waals surface area contributed by atoms with Crippen molar-refractivity contribution >= 4 is 21.4 Å². The van der Waals surface area contributed by atoms with Crippen molar-refractivity contribution in [1.29, 1.82) is 0 Å². The summed E-state index contributed by atoms with van der Waals surface area (Å²) in [5.74, 6) is -0.156. The average molecular weight is 287 g/mol. The van der Waals surface area contributed by atoms with Gasteiger partial charge in [-0.3, -0.25) is 4.79 Å². The Labute approximate surface area is 117 Å². The van der Waals surface area contributed by atoms with Crippen molar-refractivity contribution in [3.8, 4) is 0 Å². The third-order valence-electron chi connectivity index (χ3n) is 3.38. The summed E-state index contributed by atoms with van der Waals surface area (Å²) in [5.41, 5.74) is 1.99. The first-order chi connectivity index (χ1) is 9.48. The van der Waals surface area contributed by atoms with E-state index in [2.05, 4.69) is 0 Å². The second kappa shape index (κ2) is 4.45. The Kier molecular flexibility index (Phi) is 2.87. The number of sulfone groups is 1. The molecule has 5 heteroatoms. The number of anilines is 1. The molecule has 0 radical (unpaired) electrons. The van der Waals surface area contributed by atoms with Crippen LogP contribution in [0.2, 0.25) is 0 Å². The number of benzene rings is 2. The van der Waals surface area contributed by atoms with Gasteiger partial charge in [-0.25, -0.2) is 8.42 Å². The third kappa shape index (κ3) is 2.00. The van der Waals surface area contributed by atoms with Gasteiger partial charge < -0.3 is 4.90 Å². The number of hydrogen-bond donors (Lipinski definition) is 0. The van der Waals surface area contributed by atoms with Crippen molar-refractivity contribution in [2.24, 2.45) is 0 Å². The van der Waals surface area contributed by atoms with Gasteiger partial charge in [0.25, 0.3) is 5.91 Å². The first kappa shape index (κ1) is 12.9. The molecular weight excluding hydrogens is 274 g/mol. The lowest BCUT2D eigenvalue weighted by Crippen LogP contribution is -2.24. The Hall–Kier alpha value is -2.14. The van der Waals surface area contributed by atoms with E-state index in [-0.39, 0.29) is 10.8 Å². The Morgan fingerprint density at radius 1 is 1.00 bits per heavy atom. The minimum atomic E-state index is -3.38. The van der Waals surface area contributed by atoms with Crippen molar-refractivity contribution in [1.82, 2.24) is 0 Å². The number of carbonyl (C=O) groups is 1. The van der Waals surface area contributed by atoms with Crippen LogP contribution in [0.4, 0.5) is 5.69 Å². The quantitative estimate of drug-likeness (QED) is 0.851. The predicted octanol–water partition coefficient (Wildman–Crippen LogP) is 2.25. The lowest BCUT2D eigenvalue weighted by Gasteiger charge is -2.18. The molecule has 1 aliphatic rings. The van der Waals surface area contributed by atoms with Crippen molar-refractivity contribution in [3.63, 3.8) is 0 Å². The maximum Gasteiger partial charge on any atom is 0.258 e. The Morgan fingerprint density at radius 3 is 2.35 bits per heavy atom. The van der Waals surface area contributed by atoms with Crippen LogP contribution in [0.25, 0.3) is 0 Å². The maximum absolute atomic E-state index is 12.4. The maximum atomic E-state index is 12.4. The highest BCUT2D eigenvalue weighted by atomic mass is 32.2. The second-order valence-corrected chi connectivity index (χ2v) is 6.77. The standard InChI is InChI=1S/C15H13NO3S/c1-20(18,19)14-9-5-4-8-13(14)16-10-11-6-2-3-7-12(11)15(16)17/h2-9H,10H2,1H3. The Balaban J connectivity index is 2.12. The van der Waals surface area contributed by atoms with Gasteiger partial charge in [-0.2, -0.15) is 0 Å². The first-order valence-electron chi connectivity index (χ1n) is 6.17. The fourth-order valence-corrected chi connectivity index (χ4v) is 3.33. The summed E-state index contributed by atoms with van der Waals surface area (Å²) in [6.07, 6.45) is 1.15. The van der Waals surface area contributed by atoms with Gasteiger partial charge in [-0.15, -0.1) is 0 Å². The van der Waals surface area contributed by atoms with E-state index < -0.39 is 9.84 Å². The third-order valence-corrected chi connectivity index (χ3v) is 4.52. The molecule has 4 nitrogen and oxygen atoms in total. The van der Waals surface area contributed by atoms with Gasteiger partial charge in [0.05, 0.1) is 17.1 Å². The van der Waals surface area contributed by atoms with Crippen LogP contribution in [-0.4, -0.2) is 20.6 Å². The van der Waals surface area contributed by atoms with Crippen LogP contribution in [0.5, 0.6) is 0 Å². The average Bonchev–Trinajstić information content (AvgIpc) is 2.76. The lowest BCUT2D eigenvalue weighted by atomic mass is 10.1. The number of nitrogens with zero attached hydrogens (tertiary/aromatic N) is 1. The Morgan fingerprint density at radius 2 is 1.65 bits per heavy atom. The molecule has 0 aromatic heterocycles. The molecule has 3 rings (SSSR count). The van der Waals surface area contributed by atoms with E-state index in [1.54, 1.807) is 24.3 Å². The van der Waals surface area contributed by atoms with Crippen LogP contribution >= 0.6 is 0 Å². The number of amides is 1. The van der Waals surface area contributed by atoms with Crippen LogP contribution in [0.1, 0.15) is 15.9 Å². The highest BCUT2D eigenvalue weighted by Crippen LogP contribution is 2.32. The van der Waals surface area contributed by atoms with Crippen LogP contribution in [0.3, 0.4) is 0 Å². The monoisotopic (exact) mass is 287 g/mol. The minimum absolute atomic E-state index is 0.156. The number of carbonyl (C=O) groups excluding carboxylic acids is 1. The van der Waals surface area contributed by atoms with E-state index >= 15 is 0 Å². The summed E-state index contributed by atoms with van der Waals surface area (Å²) < 4.78 is 23.7. The summed E-state index contributed by atoms with van der Waals surface area (Å²) in [7, 11) is -3.38. The van der Waals surface area contributed by atoms with Gasteiger partial charge >= 0.3 is 0 Å². The van der Waals surface area contributed by atoms with E-state index in [1.165, 1.54) is 11.0 Å².